The second kappa shape index (κ2) is 3.98. The topological polar surface area (TPSA) is 55.1 Å². The van der Waals surface area contributed by atoms with Crippen molar-refractivity contribution in [3.05, 3.63) is 18.1 Å². The first kappa shape index (κ1) is 10.5. The van der Waals surface area contributed by atoms with Crippen molar-refractivity contribution in [2.24, 2.45) is 5.92 Å². The maximum absolute atomic E-state index is 4.34. The maximum Gasteiger partial charge on any atom is 0.254 e. The van der Waals surface area contributed by atoms with Gasteiger partial charge in [0.25, 0.3) is 5.78 Å². The summed E-state index contributed by atoms with van der Waals surface area (Å²) in [6, 6.07) is 2.59. The van der Waals surface area contributed by atoms with Gasteiger partial charge in [0, 0.05) is 17.8 Å². The minimum atomic E-state index is 0.555. The fourth-order valence-corrected chi connectivity index (χ4v) is 2.58. The Morgan fingerprint density at radius 2 is 2.29 bits per heavy atom. The van der Waals surface area contributed by atoms with Crippen LogP contribution in [0.1, 0.15) is 31.9 Å². The van der Waals surface area contributed by atoms with Crippen LogP contribution in [0.2, 0.25) is 0 Å². The molecule has 90 valence electrons. The molecule has 1 aliphatic rings. The SMILES string of the molecule is Cc1cc(NC2CCC(C)C2)n2ncnc2n1. The van der Waals surface area contributed by atoms with Gasteiger partial charge in [-0.3, -0.25) is 0 Å². The standard InChI is InChI=1S/C12H17N5/c1-8-3-4-10(5-8)16-11-6-9(2)15-12-13-7-14-17(11)12/h6-8,10,16H,3-5H2,1-2H3. The summed E-state index contributed by atoms with van der Waals surface area (Å²) in [6.07, 6.45) is 5.32. The molecular weight excluding hydrogens is 214 g/mol. The number of nitrogens with one attached hydrogen (secondary N) is 1. The average Bonchev–Trinajstić information content (AvgIpc) is 2.87. The van der Waals surface area contributed by atoms with E-state index >= 15 is 0 Å². The summed E-state index contributed by atoms with van der Waals surface area (Å²) in [6.45, 7) is 4.29. The number of aromatic nitrogens is 4. The summed E-state index contributed by atoms with van der Waals surface area (Å²) >= 11 is 0. The molecule has 5 nitrogen and oxygen atoms in total. The van der Waals surface area contributed by atoms with Crippen LogP contribution in [0, 0.1) is 12.8 Å². The van der Waals surface area contributed by atoms with Crippen LogP contribution in [0.3, 0.4) is 0 Å². The van der Waals surface area contributed by atoms with E-state index in [0.29, 0.717) is 11.8 Å². The van der Waals surface area contributed by atoms with Crippen molar-refractivity contribution in [1.82, 2.24) is 19.6 Å². The fraction of sp³-hybridized carbons (Fsp3) is 0.583. The van der Waals surface area contributed by atoms with Gasteiger partial charge in [0.15, 0.2) is 0 Å². The van der Waals surface area contributed by atoms with Crippen molar-refractivity contribution in [2.45, 2.75) is 39.2 Å². The number of fused-ring (bicyclic) bond motifs is 1. The number of rotatable bonds is 2. The van der Waals surface area contributed by atoms with Gasteiger partial charge in [0.1, 0.15) is 12.1 Å². The summed E-state index contributed by atoms with van der Waals surface area (Å²) in [4.78, 5) is 8.47. The third kappa shape index (κ3) is 1.97. The zero-order chi connectivity index (χ0) is 11.8. The molecule has 1 saturated carbocycles. The predicted molar refractivity (Wildman–Crippen MR) is 65.9 cm³/mol. The Balaban J connectivity index is 1.91. The number of nitrogens with zero attached hydrogens (tertiary/aromatic N) is 4. The summed E-state index contributed by atoms with van der Waals surface area (Å²) in [5.41, 5.74) is 0.971. The Morgan fingerprint density at radius 1 is 1.41 bits per heavy atom. The van der Waals surface area contributed by atoms with Crippen molar-refractivity contribution >= 4 is 11.6 Å². The predicted octanol–water partition coefficient (Wildman–Crippen LogP) is 2.03. The minimum absolute atomic E-state index is 0.555. The molecule has 2 unspecified atom stereocenters. The van der Waals surface area contributed by atoms with Crippen LogP contribution >= 0.6 is 0 Å². The lowest BCUT2D eigenvalue weighted by Gasteiger charge is -2.14. The van der Waals surface area contributed by atoms with E-state index in [1.807, 2.05) is 13.0 Å². The van der Waals surface area contributed by atoms with Gasteiger partial charge in [0.2, 0.25) is 0 Å². The third-order valence-corrected chi connectivity index (χ3v) is 3.43. The molecule has 2 aromatic heterocycles. The van der Waals surface area contributed by atoms with Crippen LogP contribution in [0.25, 0.3) is 5.78 Å². The van der Waals surface area contributed by atoms with Crippen LogP contribution < -0.4 is 5.32 Å². The Hall–Kier alpha value is -1.65. The van der Waals surface area contributed by atoms with Crippen molar-refractivity contribution in [3.8, 4) is 0 Å². The average molecular weight is 231 g/mol. The zero-order valence-corrected chi connectivity index (χ0v) is 10.2. The highest BCUT2D eigenvalue weighted by atomic mass is 15.4. The van der Waals surface area contributed by atoms with Gasteiger partial charge in [-0.15, -0.1) is 0 Å². The number of aryl methyl sites for hydroxylation is 1. The Bertz CT molecular complexity index is 533. The minimum Gasteiger partial charge on any atom is -0.367 e. The molecule has 0 aromatic carbocycles. The Labute approximate surface area is 100 Å². The third-order valence-electron chi connectivity index (χ3n) is 3.43. The molecule has 3 rings (SSSR count). The van der Waals surface area contributed by atoms with Gasteiger partial charge in [-0.2, -0.15) is 14.6 Å². The second-order valence-corrected chi connectivity index (χ2v) is 5.01. The quantitative estimate of drug-likeness (QED) is 0.859. The van der Waals surface area contributed by atoms with E-state index in [1.165, 1.54) is 19.3 Å². The zero-order valence-electron chi connectivity index (χ0n) is 10.2. The molecular formula is C12H17N5. The van der Waals surface area contributed by atoms with Crippen molar-refractivity contribution in [1.29, 1.82) is 0 Å². The van der Waals surface area contributed by atoms with Crippen LogP contribution in [-0.2, 0) is 0 Å². The Kier molecular flexibility index (Phi) is 2.46. The largest absolute Gasteiger partial charge is 0.367 e. The molecule has 0 radical (unpaired) electrons. The molecule has 0 spiro atoms. The van der Waals surface area contributed by atoms with Gasteiger partial charge >= 0.3 is 0 Å². The molecule has 2 heterocycles. The van der Waals surface area contributed by atoms with Gasteiger partial charge < -0.3 is 5.32 Å². The Morgan fingerprint density at radius 3 is 3.06 bits per heavy atom. The molecule has 5 heteroatoms. The van der Waals surface area contributed by atoms with Crippen LogP contribution in [0.5, 0.6) is 0 Å². The van der Waals surface area contributed by atoms with Gasteiger partial charge in [-0.05, 0) is 32.1 Å². The van der Waals surface area contributed by atoms with Crippen LogP contribution in [0.15, 0.2) is 12.4 Å². The fourth-order valence-electron chi connectivity index (χ4n) is 2.58. The monoisotopic (exact) mass is 231 g/mol. The first-order valence-electron chi connectivity index (χ1n) is 6.16. The van der Waals surface area contributed by atoms with E-state index in [9.17, 15) is 0 Å². The van der Waals surface area contributed by atoms with E-state index in [4.69, 9.17) is 0 Å². The molecule has 2 atom stereocenters. The summed E-state index contributed by atoms with van der Waals surface area (Å²) in [5.74, 6) is 2.49. The molecule has 0 amide bonds. The van der Waals surface area contributed by atoms with E-state index < -0.39 is 0 Å². The number of anilines is 1. The van der Waals surface area contributed by atoms with E-state index in [2.05, 4.69) is 27.3 Å². The highest BCUT2D eigenvalue weighted by Crippen LogP contribution is 2.27. The molecule has 0 bridgehead atoms. The first-order chi connectivity index (χ1) is 8.22. The smallest absolute Gasteiger partial charge is 0.254 e. The molecule has 0 aliphatic heterocycles. The summed E-state index contributed by atoms with van der Waals surface area (Å²) < 4.78 is 1.77. The van der Waals surface area contributed by atoms with Crippen LogP contribution in [-0.4, -0.2) is 25.6 Å². The lowest BCUT2D eigenvalue weighted by Crippen LogP contribution is -2.18. The number of hydrogen-bond donors (Lipinski definition) is 1. The van der Waals surface area contributed by atoms with Gasteiger partial charge in [0.05, 0.1) is 0 Å². The second-order valence-electron chi connectivity index (χ2n) is 5.01. The van der Waals surface area contributed by atoms with E-state index in [1.54, 1.807) is 10.8 Å². The van der Waals surface area contributed by atoms with E-state index in [-0.39, 0.29) is 0 Å². The van der Waals surface area contributed by atoms with Gasteiger partial charge in [-0.25, -0.2) is 4.98 Å². The maximum atomic E-state index is 4.34. The molecule has 2 aromatic rings. The number of hydrogen-bond acceptors (Lipinski definition) is 4. The van der Waals surface area contributed by atoms with Gasteiger partial charge in [-0.1, -0.05) is 6.92 Å². The lowest BCUT2D eigenvalue weighted by atomic mass is 10.1. The molecule has 0 saturated heterocycles. The molecule has 1 aliphatic carbocycles. The summed E-state index contributed by atoms with van der Waals surface area (Å²) in [5, 5.41) is 7.76. The van der Waals surface area contributed by atoms with E-state index in [0.717, 1.165) is 17.4 Å². The summed E-state index contributed by atoms with van der Waals surface area (Å²) in [7, 11) is 0. The van der Waals surface area contributed by atoms with Crippen molar-refractivity contribution < 1.29 is 0 Å². The molecule has 17 heavy (non-hydrogen) atoms. The first-order valence-corrected chi connectivity index (χ1v) is 6.16. The van der Waals surface area contributed by atoms with Crippen LogP contribution in [0.4, 0.5) is 5.82 Å². The van der Waals surface area contributed by atoms with Crippen molar-refractivity contribution in [2.75, 3.05) is 5.32 Å². The highest BCUT2D eigenvalue weighted by Gasteiger charge is 2.22. The molecule has 1 N–H and O–H groups in total. The molecule has 1 fully saturated rings. The lowest BCUT2D eigenvalue weighted by molar-refractivity contribution is 0.601. The highest BCUT2D eigenvalue weighted by molar-refractivity contribution is 5.45. The van der Waals surface area contributed by atoms with Crippen molar-refractivity contribution in [3.63, 3.8) is 0 Å². The normalized spacial score (nSPS) is 24.4.